The number of dihydropyridines is 1. The molecule has 0 fully saturated rings. The van der Waals surface area contributed by atoms with Crippen LogP contribution in [0.2, 0.25) is 0 Å². The van der Waals surface area contributed by atoms with Crippen molar-refractivity contribution in [2.45, 2.75) is 43.4 Å². The molecule has 5 nitrogen and oxygen atoms in total. The number of rotatable bonds is 5. The number of nitrogens with one attached hydrogen (secondary N) is 2. The third-order valence-corrected chi connectivity index (χ3v) is 7.78. The number of hydrogen-bond acceptors (Lipinski definition) is 5. The van der Waals surface area contributed by atoms with E-state index >= 15 is 0 Å². The first kappa shape index (κ1) is 24.1. The molecule has 1 aromatic heterocycles. The largest absolute Gasteiger partial charge is 0.362 e. The van der Waals surface area contributed by atoms with Gasteiger partial charge in [0.2, 0.25) is 0 Å². The van der Waals surface area contributed by atoms with Crippen molar-refractivity contribution in [3.63, 3.8) is 0 Å². The Bertz CT molecular complexity index is 1380. The Morgan fingerprint density at radius 1 is 0.972 bits per heavy atom. The van der Waals surface area contributed by atoms with E-state index in [1.807, 2.05) is 62.6 Å². The van der Waals surface area contributed by atoms with Gasteiger partial charge in [-0.25, -0.2) is 4.98 Å². The molecule has 2 aromatic carbocycles. The molecule has 2 heterocycles. The zero-order valence-corrected chi connectivity index (χ0v) is 21.5. The average molecular weight is 496 g/mol. The first-order chi connectivity index (χ1) is 17.5. The van der Waals surface area contributed by atoms with E-state index in [-0.39, 0.29) is 17.6 Å². The Kier molecular flexibility index (Phi) is 6.79. The predicted octanol–water partition coefficient (Wildman–Crippen LogP) is 6.11. The number of nitrogens with zero attached hydrogens (tertiary/aromatic N) is 1. The van der Waals surface area contributed by atoms with Crippen molar-refractivity contribution in [3.8, 4) is 0 Å². The van der Waals surface area contributed by atoms with Crippen LogP contribution < -0.4 is 10.6 Å². The quantitative estimate of drug-likeness (QED) is 0.418. The van der Waals surface area contributed by atoms with Crippen molar-refractivity contribution in [2.75, 3.05) is 11.6 Å². The van der Waals surface area contributed by atoms with Crippen LogP contribution in [0, 0.1) is 6.92 Å². The highest BCUT2D eigenvalue weighted by Gasteiger charge is 2.41. The minimum absolute atomic E-state index is 0.0864. The summed E-state index contributed by atoms with van der Waals surface area (Å²) in [7, 11) is 0. The van der Waals surface area contributed by atoms with Gasteiger partial charge >= 0.3 is 0 Å². The highest BCUT2D eigenvalue weighted by atomic mass is 32.2. The van der Waals surface area contributed by atoms with E-state index in [2.05, 4.69) is 39.9 Å². The number of Topliss-reactive ketones (excluding diaryl/α,β-unsaturated/α-hetero) is 1. The average Bonchev–Trinajstić information content (AvgIpc) is 2.89. The number of aryl methyl sites for hydroxylation is 1. The van der Waals surface area contributed by atoms with Crippen LogP contribution in [0.5, 0.6) is 0 Å². The fourth-order valence-electron chi connectivity index (χ4n) is 5.22. The van der Waals surface area contributed by atoms with Gasteiger partial charge in [0.15, 0.2) is 5.78 Å². The maximum Gasteiger partial charge on any atom is 0.255 e. The van der Waals surface area contributed by atoms with Gasteiger partial charge in [0.1, 0.15) is 5.82 Å². The molecule has 0 saturated heterocycles. The van der Waals surface area contributed by atoms with Gasteiger partial charge in [-0.3, -0.25) is 9.59 Å². The number of benzene rings is 2. The fraction of sp³-hybridized carbons (Fsp3) is 0.233. The number of aromatic nitrogens is 1. The smallest absolute Gasteiger partial charge is 0.255 e. The number of carbonyl (C=O) groups excluding carboxylic acids is 2. The molecule has 2 aliphatic rings. The maximum atomic E-state index is 13.7. The summed E-state index contributed by atoms with van der Waals surface area (Å²) in [5, 5.41) is 6.45. The third kappa shape index (κ3) is 4.61. The molecule has 3 aromatic rings. The number of ketones is 1. The lowest BCUT2D eigenvalue weighted by Crippen LogP contribution is -2.37. The fourth-order valence-corrected chi connectivity index (χ4v) is 5.63. The van der Waals surface area contributed by atoms with Crippen molar-refractivity contribution < 1.29 is 9.59 Å². The lowest BCUT2D eigenvalue weighted by molar-refractivity contribution is -0.116. The number of pyridine rings is 1. The maximum absolute atomic E-state index is 13.7. The number of carbonyl (C=O) groups is 2. The van der Waals surface area contributed by atoms with Crippen LogP contribution in [0.25, 0.3) is 0 Å². The SMILES string of the molecule is CSc1ccc([C@@H]2C(C(=O)Nc3ncccc3C)=C(C)NC3=C2C(=O)C[C@@H](c2ccccc2)C3)cc1. The van der Waals surface area contributed by atoms with Crippen LogP contribution in [-0.4, -0.2) is 22.9 Å². The molecular weight excluding hydrogens is 466 g/mol. The second-order valence-electron chi connectivity index (χ2n) is 9.32. The number of thioether (sulfide) groups is 1. The van der Waals surface area contributed by atoms with Crippen molar-refractivity contribution in [1.29, 1.82) is 0 Å². The normalized spacial score (nSPS) is 19.6. The lowest BCUT2D eigenvalue weighted by Gasteiger charge is -2.37. The molecule has 1 aliphatic heterocycles. The van der Waals surface area contributed by atoms with E-state index in [1.165, 1.54) is 0 Å². The molecule has 0 bridgehead atoms. The first-order valence-corrected chi connectivity index (χ1v) is 13.3. The van der Waals surface area contributed by atoms with Gasteiger partial charge in [-0.2, -0.15) is 0 Å². The van der Waals surface area contributed by atoms with Gasteiger partial charge in [0, 0.05) is 46.0 Å². The Labute approximate surface area is 216 Å². The number of allylic oxidation sites excluding steroid dienone is 3. The van der Waals surface area contributed by atoms with Crippen LogP contribution in [-0.2, 0) is 9.59 Å². The molecule has 2 atom stereocenters. The van der Waals surface area contributed by atoms with Gasteiger partial charge in [-0.05, 0) is 67.3 Å². The van der Waals surface area contributed by atoms with E-state index in [4.69, 9.17) is 0 Å². The zero-order chi connectivity index (χ0) is 25.2. The van der Waals surface area contributed by atoms with Gasteiger partial charge in [-0.1, -0.05) is 48.5 Å². The molecule has 0 unspecified atom stereocenters. The van der Waals surface area contributed by atoms with Gasteiger partial charge < -0.3 is 10.6 Å². The number of hydrogen-bond donors (Lipinski definition) is 2. The van der Waals surface area contributed by atoms with Crippen molar-refractivity contribution >= 4 is 29.3 Å². The Balaban J connectivity index is 1.57. The van der Waals surface area contributed by atoms with Crippen LogP contribution in [0.15, 0.2) is 100 Å². The van der Waals surface area contributed by atoms with E-state index in [1.54, 1.807) is 18.0 Å². The molecule has 0 saturated carbocycles. The highest BCUT2D eigenvalue weighted by molar-refractivity contribution is 7.98. The van der Waals surface area contributed by atoms with E-state index in [0.717, 1.165) is 39.4 Å². The Morgan fingerprint density at radius 2 is 1.72 bits per heavy atom. The van der Waals surface area contributed by atoms with Crippen molar-refractivity contribution in [1.82, 2.24) is 10.3 Å². The second-order valence-corrected chi connectivity index (χ2v) is 10.2. The van der Waals surface area contributed by atoms with E-state index in [9.17, 15) is 9.59 Å². The lowest BCUT2D eigenvalue weighted by atomic mass is 9.71. The Hall–Kier alpha value is -3.64. The summed E-state index contributed by atoms with van der Waals surface area (Å²) in [5.41, 5.74) is 5.93. The van der Waals surface area contributed by atoms with Crippen LogP contribution in [0.3, 0.4) is 0 Å². The van der Waals surface area contributed by atoms with Gasteiger partial charge in [0.05, 0.1) is 0 Å². The zero-order valence-electron chi connectivity index (χ0n) is 20.7. The molecular formula is C30H29N3O2S. The van der Waals surface area contributed by atoms with Gasteiger partial charge in [-0.15, -0.1) is 11.8 Å². The predicted molar refractivity (Wildman–Crippen MR) is 145 cm³/mol. The third-order valence-electron chi connectivity index (χ3n) is 7.03. The summed E-state index contributed by atoms with van der Waals surface area (Å²) in [5.74, 6) is 0.0426. The molecule has 0 radical (unpaired) electrons. The summed E-state index contributed by atoms with van der Waals surface area (Å²) < 4.78 is 0. The number of amides is 1. The minimum Gasteiger partial charge on any atom is -0.362 e. The summed E-state index contributed by atoms with van der Waals surface area (Å²) in [6.07, 6.45) is 4.86. The first-order valence-electron chi connectivity index (χ1n) is 12.1. The molecule has 36 heavy (non-hydrogen) atoms. The van der Waals surface area contributed by atoms with Crippen LogP contribution >= 0.6 is 11.8 Å². The molecule has 6 heteroatoms. The highest BCUT2D eigenvalue weighted by Crippen LogP contribution is 2.45. The van der Waals surface area contributed by atoms with E-state index in [0.29, 0.717) is 23.4 Å². The van der Waals surface area contributed by atoms with Crippen molar-refractivity contribution in [3.05, 3.63) is 112 Å². The monoisotopic (exact) mass is 495 g/mol. The summed E-state index contributed by atoms with van der Waals surface area (Å²) in [6, 6.07) is 22.1. The molecule has 182 valence electrons. The summed E-state index contributed by atoms with van der Waals surface area (Å²) in [4.78, 5) is 32.9. The minimum atomic E-state index is -0.439. The molecule has 2 N–H and O–H groups in total. The topological polar surface area (TPSA) is 71.1 Å². The van der Waals surface area contributed by atoms with E-state index < -0.39 is 5.92 Å². The molecule has 5 rings (SSSR count). The Morgan fingerprint density at radius 3 is 2.42 bits per heavy atom. The second kappa shape index (κ2) is 10.2. The summed E-state index contributed by atoms with van der Waals surface area (Å²) in [6.45, 7) is 3.83. The molecule has 1 aliphatic carbocycles. The van der Waals surface area contributed by atoms with Crippen LogP contribution in [0.1, 0.15) is 48.3 Å². The van der Waals surface area contributed by atoms with Crippen LogP contribution in [0.4, 0.5) is 5.82 Å². The van der Waals surface area contributed by atoms with Crippen molar-refractivity contribution in [2.24, 2.45) is 0 Å². The van der Waals surface area contributed by atoms with Gasteiger partial charge in [0.25, 0.3) is 5.91 Å². The standard InChI is InChI=1S/C30H29N3O2S/c1-18-8-7-15-31-29(18)33-30(35)26-19(2)32-24-16-22(20-9-5-4-6-10-20)17-25(34)28(24)27(26)21-11-13-23(36-3)14-12-21/h4-15,22,27,32H,16-17H2,1-3H3,(H,31,33,35)/t22-,27+/m0/s1. The summed E-state index contributed by atoms with van der Waals surface area (Å²) >= 11 is 1.67. The molecule has 0 spiro atoms. The number of anilines is 1. The molecule has 1 amide bonds.